The molecule has 2 amide bonds. The van der Waals surface area contributed by atoms with Gasteiger partial charge in [0, 0.05) is 46.3 Å². The zero-order valence-corrected chi connectivity index (χ0v) is 19.8. The highest BCUT2D eigenvalue weighted by Crippen LogP contribution is 2.19. The van der Waals surface area contributed by atoms with Crippen LogP contribution in [0.5, 0.6) is 0 Å². The molecule has 3 atom stereocenters. The van der Waals surface area contributed by atoms with Gasteiger partial charge in [-0.2, -0.15) is 0 Å². The molecule has 0 aliphatic heterocycles. The number of carbonyl (C=O) groups excluding carboxylic acids is 3. The number of benzene rings is 1. The van der Waals surface area contributed by atoms with Gasteiger partial charge in [-0.05, 0) is 38.8 Å². The molecule has 2 aromatic rings. The third kappa shape index (κ3) is 7.67. The number of hydrogen-bond acceptors (Lipinski definition) is 6. The number of esters is 1. The van der Waals surface area contributed by atoms with E-state index in [-0.39, 0.29) is 18.6 Å². The molecule has 0 saturated carbocycles. The van der Waals surface area contributed by atoms with Gasteiger partial charge in [0.05, 0.1) is 7.11 Å². The average molecular weight is 466 g/mol. The molecule has 2 rings (SSSR count). The molecule has 0 saturated heterocycles. The van der Waals surface area contributed by atoms with Crippen LogP contribution in [-0.4, -0.2) is 64.0 Å². The van der Waals surface area contributed by atoms with E-state index in [1.54, 1.807) is 27.0 Å². The van der Waals surface area contributed by atoms with Gasteiger partial charge in [-0.25, -0.2) is 9.59 Å². The first-order valence-electron chi connectivity index (χ1n) is 10.2. The van der Waals surface area contributed by atoms with Crippen LogP contribution in [0.25, 0.3) is 10.9 Å². The predicted octanol–water partition coefficient (Wildman–Crippen LogP) is 2.03. The van der Waals surface area contributed by atoms with Gasteiger partial charge in [-0.15, -0.1) is 0 Å². The SMILES string of the molecule is COC(=O)[C@H](Cc1c[nH]c2ccccc12)NC(=O)[C@H](CCS(C)=O)NC(=O)OC(C)(C)C. The third-order valence-corrected chi connectivity index (χ3v) is 5.41. The van der Waals surface area contributed by atoms with Gasteiger partial charge in [0.15, 0.2) is 0 Å². The number of amides is 2. The number of carbonyl (C=O) groups is 3. The van der Waals surface area contributed by atoms with Gasteiger partial charge in [0.2, 0.25) is 5.91 Å². The summed E-state index contributed by atoms with van der Waals surface area (Å²) in [7, 11) is 0.0741. The Kier molecular flexibility index (Phi) is 8.82. The van der Waals surface area contributed by atoms with Crippen molar-refractivity contribution in [2.24, 2.45) is 0 Å². The summed E-state index contributed by atoms with van der Waals surface area (Å²) in [6, 6.07) is 5.62. The average Bonchev–Trinajstić information content (AvgIpc) is 3.11. The number of aromatic nitrogens is 1. The van der Waals surface area contributed by atoms with Crippen LogP contribution in [-0.2, 0) is 36.3 Å². The van der Waals surface area contributed by atoms with Crippen molar-refractivity contribution in [2.45, 2.75) is 51.3 Å². The molecule has 32 heavy (non-hydrogen) atoms. The summed E-state index contributed by atoms with van der Waals surface area (Å²) >= 11 is 0. The van der Waals surface area contributed by atoms with E-state index in [4.69, 9.17) is 9.47 Å². The van der Waals surface area contributed by atoms with Gasteiger partial charge in [0.1, 0.15) is 17.7 Å². The number of nitrogens with one attached hydrogen (secondary N) is 3. The second-order valence-corrected chi connectivity index (χ2v) is 9.97. The number of aromatic amines is 1. The minimum Gasteiger partial charge on any atom is -0.467 e. The molecule has 0 fully saturated rings. The molecule has 10 heteroatoms. The quantitative estimate of drug-likeness (QED) is 0.487. The standard InChI is InChI=1S/C22H31N3O6S/c1-22(2,3)31-21(28)25-17(10-11-32(5)29)19(26)24-18(20(27)30-4)12-14-13-23-16-9-7-6-8-15(14)16/h6-9,13,17-18,23H,10-12H2,1-5H3,(H,24,26)(H,25,28)/t17-,18-,32?/m0/s1. The van der Waals surface area contributed by atoms with E-state index < -0.39 is 46.5 Å². The van der Waals surface area contributed by atoms with Crippen LogP contribution >= 0.6 is 0 Å². The van der Waals surface area contributed by atoms with Crippen molar-refractivity contribution in [1.29, 1.82) is 0 Å². The molecule has 3 N–H and O–H groups in total. The summed E-state index contributed by atoms with van der Waals surface area (Å²) in [5, 5.41) is 6.11. The van der Waals surface area contributed by atoms with Crippen molar-refractivity contribution in [3.8, 4) is 0 Å². The highest BCUT2D eigenvalue weighted by Gasteiger charge is 2.29. The lowest BCUT2D eigenvalue weighted by Crippen LogP contribution is -2.53. The van der Waals surface area contributed by atoms with Crippen molar-refractivity contribution in [3.05, 3.63) is 36.0 Å². The molecule has 1 aromatic heterocycles. The monoisotopic (exact) mass is 465 g/mol. The van der Waals surface area contributed by atoms with E-state index in [0.717, 1.165) is 16.5 Å². The Morgan fingerprint density at radius 2 is 1.81 bits per heavy atom. The van der Waals surface area contributed by atoms with Gasteiger partial charge in [-0.3, -0.25) is 9.00 Å². The van der Waals surface area contributed by atoms with Gasteiger partial charge in [0.25, 0.3) is 0 Å². The van der Waals surface area contributed by atoms with E-state index in [2.05, 4.69) is 15.6 Å². The van der Waals surface area contributed by atoms with Crippen molar-refractivity contribution >= 4 is 39.7 Å². The van der Waals surface area contributed by atoms with Crippen molar-refractivity contribution < 1.29 is 28.1 Å². The number of rotatable bonds is 9. The van der Waals surface area contributed by atoms with Crippen LogP contribution in [0.1, 0.15) is 32.8 Å². The lowest BCUT2D eigenvalue weighted by atomic mass is 10.0. The van der Waals surface area contributed by atoms with Crippen LogP contribution in [0.15, 0.2) is 30.5 Å². The van der Waals surface area contributed by atoms with Crippen LogP contribution in [0.2, 0.25) is 0 Å². The van der Waals surface area contributed by atoms with E-state index in [0.29, 0.717) is 0 Å². The molecular formula is C22H31N3O6S. The lowest BCUT2D eigenvalue weighted by molar-refractivity contribution is -0.145. The fraction of sp³-hybridized carbons (Fsp3) is 0.500. The van der Waals surface area contributed by atoms with Gasteiger partial charge >= 0.3 is 12.1 Å². The molecule has 0 aliphatic rings. The van der Waals surface area contributed by atoms with Crippen LogP contribution in [0, 0.1) is 0 Å². The molecule has 176 valence electrons. The predicted molar refractivity (Wildman–Crippen MR) is 123 cm³/mol. The fourth-order valence-corrected chi connectivity index (χ4v) is 3.70. The zero-order valence-electron chi connectivity index (χ0n) is 19.0. The van der Waals surface area contributed by atoms with Crippen LogP contribution in [0.4, 0.5) is 4.79 Å². The second kappa shape index (κ2) is 11.1. The lowest BCUT2D eigenvalue weighted by Gasteiger charge is -2.24. The van der Waals surface area contributed by atoms with E-state index >= 15 is 0 Å². The number of fused-ring (bicyclic) bond motifs is 1. The molecule has 0 spiro atoms. The highest BCUT2D eigenvalue weighted by atomic mass is 32.2. The Balaban J connectivity index is 2.18. The largest absolute Gasteiger partial charge is 0.467 e. The second-order valence-electron chi connectivity index (χ2n) is 8.41. The van der Waals surface area contributed by atoms with E-state index in [1.165, 1.54) is 13.4 Å². The number of ether oxygens (including phenoxy) is 2. The normalized spacial score (nSPS) is 14.3. The summed E-state index contributed by atoms with van der Waals surface area (Å²) < 4.78 is 21.7. The minimum atomic E-state index is -1.17. The Morgan fingerprint density at radius 3 is 2.44 bits per heavy atom. The minimum absolute atomic E-state index is 0.120. The van der Waals surface area contributed by atoms with Gasteiger partial charge < -0.3 is 25.1 Å². The van der Waals surface area contributed by atoms with Crippen LogP contribution in [0.3, 0.4) is 0 Å². The summed E-state index contributed by atoms with van der Waals surface area (Å²) in [6.07, 6.45) is 2.84. The number of para-hydroxylation sites is 1. The number of methoxy groups -OCH3 is 1. The molecule has 0 radical (unpaired) electrons. The maximum absolute atomic E-state index is 13.0. The van der Waals surface area contributed by atoms with Crippen molar-refractivity contribution in [3.63, 3.8) is 0 Å². The number of hydrogen-bond donors (Lipinski definition) is 3. The summed E-state index contributed by atoms with van der Waals surface area (Å²) in [4.78, 5) is 40.7. The Labute approximate surface area is 190 Å². The Hall–Kier alpha value is -2.88. The maximum Gasteiger partial charge on any atom is 0.408 e. The molecule has 1 unspecified atom stereocenters. The van der Waals surface area contributed by atoms with Crippen molar-refractivity contribution in [1.82, 2.24) is 15.6 Å². The Morgan fingerprint density at radius 1 is 1.12 bits per heavy atom. The first kappa shape index (κ1) is 25.4. The highest BCUT2D eigenvalue weighted by molar-refractivity contribution is 7.84. The fourth-order valence-electron chi connectivity index (χ4n) is 3.13. The van der Waals surface area contributed by atoms with Gasteiger partial charge in [-0.1, -0.05) is 18.2 Å². The zero-order chi connectivity index (χ0) is 23.9. The topological polar surface area (TPSA) is 127 Å². The number of alkyl carbamates (subject to hydrolysis) is 1. The number of H-pyrrole nitrogens is 1. The van der Waals surface area contributed by atoms with E-state index in [1.807, 2.05) is 24.3 Å². The van der Waals surface area contributed by atoms with Crippen molar-refractivity contribution in [2.75, 3.05) is 19.1 Å². The molecule has 0 aliphatic carbocycles. The smallest absolute Gasteiger partial charge is 0.408 e. The third-order valence-electron chi connectivity index (χ3n) is 4.60. The molecule has 0 bridgehead atoms. The van der Waals surface area contributed by atoms with Crippen LogP contribution < -0.4 is 10.6 Å². The molecule has 1 aromatic carbocycles. The van der Waals surface area contributed by atoms with E-state index in [9.17, 15) is 18.6 Å². The summed E-state index contributed by atoms with van der Waals surface area (Å²) in [5.41, 5.74) is 0.998. The molecule has 1 heterocycles. The summed E-state index contributed by atoms with van der Waals surface area (Å²) in [5.74, 6) is -1.01. The maximum atomic E-state index is 13.0. The Bertz CT molecular complexity index is 981. The first-order valence-corrected chi connectivity index (χ1v) is 12.0. The first-order chi connectivity index (χ1) is 15.0. The summed E-state index contributed by atoms with van der Waals surface area (Å²) in [6.45, 7) is 5.12. The molecular weight excluding hydrogens is 434 g/mol. The molecule has 9 nitrogen and oxygen atoms in total.